The summed E-state index contributed by atoms with van der Waals surface area (Å²) in [6.07, 6.45) is 2.63. The summed E-state index contributed by atoms with van der Waals surface area (Å²) in [5.41, 5.74) is 6.54. The first kappa shape index (κ1) is 24.0. The summed E-state index contributed by atoms with van der Waals surface area (Å²) in [6.45, 7) is 8.34. The minimum atomic E-state index is 0.00398. The molecular formula is C24H26Cl2N2O2. The predicted octanol–water partition coefficient (Wildman–Crippen LogP) is 6.54. The van der Waals surface area contributed by atoms with Crippen molar-refractivity contribution in [2.75, 3.05) is 0 Å². The molecule has 3 aromatic rings. The maximum Gasteiger partial charge on any atom is 0.181 e. The number of halogens is 2. The van der Waals surface area contributed by atoms with Gasteiger partial charge in [0.15, 0.2) is 5.78 Å². The number of hydrogen-bond donors (Lipinski definition) is 1. The molecule has 158 valence electrons. The molecule has 0 atom stereocenters. The molecule has 0 amide bonds. The fraction of sp³-hybridized carbons (Fsp3) is 0.292. The van der Waals surface area contributed by atoms with Crippen LogP contribution < -0.4 is 0 Å². The molecule has 30 heavy (non-hydrogen) atoms. The van der Waals surface area contributed by atoms with Gasteiger partial charge < -0.3 is 5.11 Å². The van der Waals surface area contributed by atoms with Crippen molar-refractivity contribution >= 4 is 29.0 Å². The zero-order valence-corrected chi connectivity index (χ0v) is 19.2. The Labute approximate surface area is 187 Å². The van der Waals surface area contributed by atoms with Crippen LogP contribution in [-0.4, -0.2) is 20.9 Å². The van der Waals surface area contributed by atoms with Gasteiger partial charge >= 0.3 is 0 Å². The number of Topliss-reactive ketones (excluding diaryl/α,β-unsaturated/α-hetero) is 1. The number of ketones is 1. The number of rotatable bonds is 5. The number of carbonyl (C=O) groups excluding carboxylic acids is 1. The van der Waals surface area contributed by atoms with Gasteiger partial charge in [0.25, 0.3) is 0 Å². The Morgan fingerprint density at radius 3 is 2.27 bits per heavy atom. The number of aryl methyl sites for hydroxylation is 2. The molecule has 0 radical (unpaired) electrons. The van der Waals surface area contributed by atoms with E-state index in [2.05, 4.69) is 30.7 Å². The fourth-order valence-electron chi connectivity index (χ4n) is 2.92. The molecule has 1 N–H and O–H groups in total. The van der Waals surface area contributed by atoms with Gasteiger partial charge in [0, 0.05) is 17.0 Å². The number of benzene rings is 2. The van der Waals surface area contributed by atoms with Crippen molar-refractivity contribution in [3.63, 3.8) is 0 Å². The molecule has 0 saturated heterocycles. The van der Waals surface area contributed by atoms with E-state index >= 15 is 0 Å². The largest absolute Gasteiger partial charge is 0.392 e. The summed E-state index contributed by atoms with van der Waals surface area (Å²) >= 11 is 12.1. The highest BCUT2D eigenvalue weighted by Gasteiger charge is 2.11. The van der Waals surface area contributed by atoms with Crippen molar-refractivity contribution in [1.29, 1.82) is 0 Å². The quantitative estimate of drug-likeness (QED) is 0.453. The van der Waals surface area contributed by atoms with E-state index in [1.165, 1.54) is 23.0 Å². The Morgan fingerprint density at radius 1 is 1.00 bits per heavy atom. The monoisotopic (exact) mass is 444 g/mol. The molecular weight excluding hydrogens is 419 g/mol. The summed E-state index contributed by atoms with van der Waals surface area (Å²) in [5.74, 6) is 0.00398. The van der Waals surface area contributed by atoms with Crippen molar-refractivity contribution in [2.24, 2.45) is 0 Å². The van der Waals surface area contributed by atoms with Crippen LogP contribution in [0.2, 0.25) is 10.0 Å². The zero-order valence-electron chi connectivity index (χ0n) is 17.7. The molecule has 0 aliphatic rings. The molecule has 0 spiro atoms. The van der Waals surface area contributed by atoms with Crippen molar-refractivity contribution < 1.29 is 9.90 Å². The van der Waals surface area contributed by atoms with Gasteiger partial charge in [0.05, 0.1) is 17.3 Å². The molecule has 0 unspecified atom stereocenters. The second kappa shape index (κ2) is 11.2. The van der Waals surface area contributed by atoms with Gasteiger partial charge in [-0.2, -0.15) is 0 Å². The van der Waals surface area contributed by atoms with Crippen molar-refractivity contribution in [3.05, 3.63) is 80.7 Å². The van der Waals surface area contributed by atoms with E-state index in [4.69, 9.17) is 28.3 Å². The third-order valence-electron chi connectivity index (χ3n) is 4.80. The van der Waals surface area contributed by atoms with Crippen molar-refractivity contribution in [3.8, 4) is 11.3 Å². The van der Waals surface area contributed by atoms with E-state index in [-0.39, 0.29) is 12.4 Å². The van der Waals surface area contributed by atoms with Crippen LogP contribution in [0.1, 0.15) is 52.5 Å². The van der Waals surface area contributed by atoms with Crippen LogP contribution in [0.5, 0.6) is 0 Å². The SMILES string of the molecule is CCCC(=O)c1cc(-c2cc(Cl)ccc2Cl)ncn1.Cc1cc(CO)cc(C)c1C. The minimum Gasteiger partial charge on any atom is -0.392 e. The van der Waals surface area contributed by atoms with Gasteiger partial charge in [-0.15, -0.1) is 0 Å². The van der Waals surface area contributed by atoms with Gasteiger partial charge in [0.1, 0.15) is 12.0 Å². The van der Waals surface area contributed by atoms with E-state index in [0.717, 1.165) is 12.0 Å². The van der Waals surface area contributed by atoms with E-state index < -0.39 is 0 Å². The van der Waals surface area contributed by atoms with E-state index in [1.807, 2.05) is 19.1 Å². The third kappa shape index (κ3) is 6.36. The highest BCUT2D eigenvalue weighted by atomic mass is 35.5. The number of aliphatic hydroxyl groups excluding tert-OH is 1. The molecule has 0 aliphatic heterocycles. The van der Waals surface area contributed by atoms with E-state index in [9.17, 15) is 4.79 Å². The summed E-state index contributed by atoms with van der Waals surface area (Å²) in [6, 6.07) is 10.8. The summed E-state index contributed by atoms with van der Waals surface area (Å²) in [5, 5.41) is 9.99. The van der Waals surface area contributed by atoms with E-state index in [0.29, 0.717) is 33.4 Å². The summed E-state index contributed by atoms with van der Waals surface area (Å²) in [7, 11) is 0. The maximum atomic E-state index is 11.8. The van der Waals surface area contributed by atoms with Crippen LogP contribution >= 0.6 is 23.2 Å². The highest BCUT2D eigenvalue weighted by molar-refractivity contribution is 6.35. The molecule has 0 saturated carbocycles. The Balaban J connectivity index is 0.000000248. The predicted molar refractivity (Wildman–Crippen MR) is 123 cm³/mol. The lowest BCUT2D eigenvalue weighted by atomic mass is 10.0. The van der Waals surface area contributed by atoms with Gasteiger partial charge in [-0.1, -0.05) is 42.3 Å². The van der Waals surface area contributed by atoms with Crippen LogP contribution in [-0.2, 0) is 6.61 Å². The molecule has 1 heterocycles. The first-order valence-corrected chi connectivity index (χ1v) is 10.5. The molecule has 0 fully saturated rings. The Morgan fingerprint density at radius 2 is 1.67 bits per heavy atom. The zero-order chi connectivity index (χ0) is 22.3. The number of carbonyl (C=O) groups is 1. The van der Waals surface area contributed by atoms with Gasteiger partial charge in [0.2, 0.25) is 0 Å². The number of aliphatic hydroxyl groups is 1. The molecule has 4 nitrogen and oxygen atoms in total. The smallest absolute Gasteiger partial charge is 0.181 e. The molecule has 0 aliphatic carbocycles. The molecule has 6 heteroatoms. The second-order valence-corrected chi connectivity index (χ2v) is 7.94. The Hall–Kier alpha value is -2.27. The third-order valence-corrected chi connectivity index (χ3v) is 5.37. The van der Waals surface area contributed by atoms with Crippen LogP contribution in [0, 0.1) is 20.8 Å². The number of aromatic nitrogens is 2. The van der Waals surface area contributed by atoms with Gasteiger partial charge in [-0.3, -0.25) is 4.79 Å². The summed E-state index contributed by atoms with van der Waals surface area (Å²) < 4.78 is 0. The normalized spacial score (nSPS) is 10.4. The first-order chi connectivity index (χ1) is 14.3. The van der Waals surface area contributed by atoms with Crippen LogP contribution in [0.25, 0.3) is 11.3 Å². The number of nitrogens with zero attached hydrogens (tertiary/aromatic N) is 2. The average Bonchev–Trinajstić information content (AvgIpc) is 2.74. The lowest BCUT2D eigenvalue weighted by Crippen LogP contribution is -2.02. The highest BCUT2D eigenvalue weighted by Crippen LogP contribution is 2.29. The molecule has 2 aromatic carbocycles. The van der Waals surface area contributed by atoms with Crippen LogP contribution in [0.4, 0.5) is 0 Å². The topological polar surface area (TPSA) is 63.1 Å². The second-order valence-electron chi connectivity index (χ2n) is 7.10. The molecule has 3 rings (SSSR count). The van der Waals surface area contributed by atoms with Crippen LogP contribution in [0.15, 0.2) is 42.7 Å². The minimum absolute atomic E-state index is 0.00398. The van der Waals surface area contributed by atoms with Crippen LogP contribution in [0.3, 0.4) is 0 Å². The fourth-order valence-corrected chi connectivity index (χ4v) is 3.31. The van der Waals surface area contributed by atoms with Gasteiger partial charge in [-0.05, 0) is 73.7 Å². The van der Waals surface area contributed by atoms with Crippen molar-refractivity contribution in [1.82, 2.24) is 9.97 Å². The Bertz CT molecular complexity index is 1010. The lowest BCUT2D eigenvalue weighted by molar-refractivity contribution is 0.0977. The maximum absolute atomic E-state index is 11.8. The average molecular weight is 445 g/mol. The van der Waals surface area contributed by atoms with Gasteiger partial charge in [-0.25, -0.2) is 9.97 Å². The lowest BCUT2D eigenvalue weighted by Gasteiger charge is -2.06. The van der Waals surface area contributed by atoms with Crippen molar-refractivity contribution in [2.45, 2.75) is 47.1 Å². The first-order valence-electron chi connectivity index (χ1n) is 9.75. The Kier molecular flexibility index (Phi) is 8.97. The van der Waals surface area contributed by atoms with E-state index in [1.54, 1.807) is 24.3 Å². The molecule has 1 aromatic heterocycles. The summed E-state index contributed by atoms with van der Waals surface area (Å²) in [4.78, 5) is 20.0. The molecule has 0 bridgehead atoms. The number of hydrogen-bond acceptors (Lipinski definition) is 4. The standard InChI is InChI=1S/C14H12Cl2N2O.C10H14O/c1-2-3-14(19)13-7-12(17-8-18-13)10-6-9(15)4-5-11(10)16;1-7-4-10(6-11)5-8(2)9(7)3/h4-8H,2-3H2,1H3;4-5,11H,6H2,1-3H3.